The zero-order valence-corrected chi connectivity index (χ0v) is 12.7. The van der Waals surface area contributed by atoms with Gasteiger partial charge in [0.1, 0.15) is 11.5 Å². The Kier molecular flexibility index (Phi) is 3.76. The third-order valence-corrected chi connectivity index (χ3v) is 3.55. The van der Waals surface area contributed by atoms with Gasteiger partial charge < -0.3 is 21.2 Å². The number of nitrogens with one attached hydrogen (secondary N) is 1. The number of para-hydroxylation sites is 1. The normalized spacial score (nSPS) is 10.5. The minimum absolute atomic E-state index is 0.452. The van der Waals surface area contributed by atoms with E-state index in [2.05, 4.69) is 4.98 Å². The van der Waals surface area contributed by atoms with Crippen molar-refractivity contribution in [1.82, 2.24) is 4.98 Å². The molecule has 0 aliphatic rings. The summed E-state index contributed by atoms with van der Waals surface area (Å²) in [5.74, 6) is 0.888. The molecule has 0 aliphatic carbocycles. The average molecular weight is 307 g/mol. The molecule has 116 valence electrons. The molecule has 0 saturated carbocycles. The molecule has 1 heterocycles. The van der Waals surface area contributed by atoms with Crippen molar-refractivity contribution in [2.45, 2.75) is 6.92 Å². The van der Waals surface area contributed by atoms with Crippen molar-refractivity contribution in [3.8, 4) is 22.8 Å². The number of hydrogen-bond donors (Lipinski definition) is 3. The molecule has 0 fully saturated rings. The van der Waals surface area contributed by atoms with Gasteiger partial charge in [0.25, 0.3) is 5.91 Å². The number of hydrogen-bond acceptors (Lipinski definition) is 3. The van der Waals surface area contributed by atoms with Gasteiger partial charge in [-0.05, 0) is 43.3 Å². The Morgan fingerprint density at radius 2 is 1.83 bits per heavy atom. The fourth-order valence-corrected chi connectivity index (χ4v) is 2.42. The van der Waals surface area contributed by atoms with E-state index in [4.69, 9.17) is 16.2 Å². The van der Waals surface area contributed by atoms with Crippen LogP contribution in [0.2, 0.25) is 0 Å². The lowest BCUT2D eigenvalue weighted by atomic mass is 10.1. The molecule has 0 spiro atoms. The van der Waals surface area contributed by atoms with Crippen molar-refractivity contribution in [3.05, 3.63) is 65.9 Å². The van der Waals surface area contributed by atoms with E-state index in [1.165, 1.54) is 0 Å². The van der Waals surface area contributed by atoms with Gasteiger partial charge in [0.05, 0.1) is 11.3 Å². The van der Waals surface area contributed by atoms with E-state index in [9.17, 15) is 4.79 Å². The third kappa shape index (κ3) is 3.03. The van der Waals surface area contributed by atoms with Crippen LogP contribution in [0.25, 0.3) is 11.3 Å². The smallest absolute Gasteiger partial charge is 0.250 e. The maximum atomic E-state index is 11.5. The number of aromatic amines is 1. The summed E-state index contributed by atoms with van der Waals surface area (Å²) in [4.78, 5) is 14.6. The summed E-state index contributed by atoms with van der Waals surface area (Å²) in [6.07, 6.45) is 0. The first kappa shape index (κ1) is 14.7. The molecule has 0 radical (unpaired) electrons. The van der Waals surface area contributed by atoms with Gasteiger partial charge in [-0.1, -0.05) is 18.2 Å². The first-order chi connectivity index (χ1) is 11.0. The zero-order chi connectivity index (χ0) is 16.4. The summed E-state index contributed by atoms with van der Waals surface area (Å²) in [5.41, 5.74) is 14.5. The second kappa shape index (κ2) is 5.88. The minimum atomic E-state index is -0.473. The Balaban J connectivity index is 2.06. The van der Waals surface area contributed by atoms with Crippen molar-refractivity contribution in [2.75, 3.05) is 5.73 Å². The summed E-state index contributed by atoms with van der Waals surface area (Å²) in [6.45, 7) is 1.80. The van der Waals surface area contributed by atoms with Gasteiger partial charge in [0.2, 0.25) is 0 Å². The molecule has 0 atom stereocenters. The van der Waals surface area contributed by atoms with E-state index >= 15 is 0 Å². The van der Waals surface area contributed by atoms with Gasteiger partial charge in [-0.3, -0.25) is 4.79 Å². The Hall–Kier alpha value is -3.21. The third-order valence-electron chi connectivity index (χ3n) is 3.55. The highest BCUT2D eigenvalue weighted by molar-refractivity contribution is 5.95. The summed E-state index contributed by atoms with van der Waals surface area (Å²) < 4.78 is 5.94. The van der Waals surface area contributed by atoms with Crippen LogP contribution in [0.5, 0.6) is 11.5 Å². The van der Waals surface area contributed by atoms with Crippen molar-refractivity contribution in [3.63, 3.8) is 0 Å². The molecule has 2 aromatic carbocycles. The van der Waals surface area contributed by atoms with Gasteiger partial charge in [-0.2, -0.15) is 0 Å². The van der Waals surface area contributed by atoms with Gasteiger partial charge in [-0.25, -0.2) is 0 Å². The quantitative estimate of drug-likeness (QED) is 0.644. The highest BCUT2D eigenvalue weighted by Gasteiger charge is 2.15. The van der Waals surface area contributed by atoms with E-state index in [0.717, 1.165) is 17.0 Å². The van der Waals surface area contributed by atoms with Gasteiger partial charge in [-0.15, -0.1) is 0 Å². The highest BCUT2D eigenvalue weighted by atomic mass is 16.5. The first-order valence-corrected chi connectivity index (χ1v) is 7.17. The lowest BCUT2D eigenvalue weighted by Crippen LogP contribution is -2.10. The van der Waals surface area contributed by atoms with Crippen LogP contribution in [0, 0.1) is 6.92 Å². The molecular formula is C18H17N3O2. The average Bonchev–Trinajstić information content (AvgIpc) is 2.92. The minimum Gasteiger partial charge on any atom is -0.457 e. The molecule has 5 N–H and O–H groups in total. The fourth-order valence-electron chi connectivity index (χ4n) is 2.42. The number of amides is 1. The van der Waals surface area contributed by atoms with Crippen LogP contribution in [-0.2, 0) is 0 Å². The summed E-state index contributed by atoms with van der Waals surface area (Å²) >= 11 is 0. The van der Waals surface area contributed by atoms with Crippen molar-refractivity contribution in [1.29, 1.82) is 0 Å². The zero-order valence-electron chi connectivity index (χ0n) is 12.7. The molecule has 1 amide bonds. The lowest BCUT2D eigenvalue weighted by Gasteiger charge is -2.11. The molecule has 0 saturated heterocycles. The molecule has 5 heteroatoms. The van der Waals surface area contributed by atoms with E-state index in [1.54, 1.807) is 31.2 Å². The standard InChI is InChI=1S/C18H17N3O2/c1-11-14(18(20)22)10-16(21-11)15-9-12(19)7-8-17(15)23-13-5-3-2-4-6-13/h2-10,21H,19H2,1H3,(H2,20,22). The van der Waals surface area contributed by atoms with Crippen molar-refractivity contribution >= 4 is 11.6 Å². The second-order valence-corrected chi connectivity index (χ2v) is 5.26. The first-order valence-electron chi connectivity index (χ1n) is 7.17. The number of rotatable bonds is 4. The number of aryl methyl sites for hydroxylation is 1. The number of nitrogen functional groups attached to an aromatic ring is 1. The Morgan fingerprint density at radius 1 is 1.09 bits per heavy atom. The number of primary amides is 1. The molecule has 1 aromatic heterocycles. The Bertz CT molecular complexity index is 854. The monoisotopic (exact) mass is 307 g/mol. The Morgan fingerprint density at radius 3 is 2.48 bits per heavy atom. The molecule has 0 bridgehead atoms. The number of anilines is 1. The Labute approximate surface area is 133 Å². The number of ether oxygens (including phenoxy) is 1. The van der Waals surface area contributed by atoms with E-state index in [1.807, 2.05) is 30.3 Å². The van der Waals surface area contributed by atoms with Crippen molar-refractivity contribution < 1.29 is 9.53 Å². The SMILES string of the molecule is Cc1[nH]c(-c2cc(N)ccc2Oc2ccccc2)cc1C(N)=O. The van der Waals surface area contributed by atoms with Crippen molar-refractivity contribution in [2.24, 2.45) is 5.73 Å². The molecular weight excluding hydrogens is 290 g/mol. The molecule has 3 aromatic rings. The summed E-state index contributed by atoms with van der Waals surface area (Å²) in [5, 5.41) is 0. The maximum absolute atomic E-state index is 11.5. The highest BCUT2D eigenvalue weighted by Crippen LogP contribution is 2.35. The second-order valence-electron chi connectivity index (χ2n) is 5.26. The molecule has 0 unspecified atom stereocenters. The lowest BCUT2D eigenvalue weighted by molar-refractivity contribution is 0.1000. The van der Waals surface area contributed by atoms with Crippen LogP contribution >= 0.6 is 0 Å². The number of carbonyl (C=O) groups is 1. The number of nitrogens with two attached hydrogens (primary N) is 2. The topological polar surface area (TPSA) is 94.1 Å². The number of H-pyrrole nitrogens is 1. The van der Waals surface area contributed by atoms with Gasteiger partial charge in [0.15, 0.2) is 0 Å². The van der Waals surface area contributed by atoms with Crippen LogP contribution in [0.4, 0.5) is 5.69 Å². The van der Waals surface area contributed by atoms with E-state index in [0.29, 0.717) is 22.7 Å². The maximum Gasteiger partial charge on any atom is 0.250 e. The predicted molar refractivity (Wildman–Crippen MR) is 90.4 cm³/mol. The van der Waals surface area contributed by atoms with E-state index in [-0.39, 0.29) is 0 Å². The summed E-state index contributed by atoms with van der Waals surface area (Å²) in [7, 11) is 0. The van der Waals surface area contributed by atoms with E-state index < -0.39 is 5.91 Å². The molecule has 5 nitrogen and oxygen atoms in total. The molecule has 3 rings (SSSR count). The van der Waals surface area contributed by atoms with Gasteiger partial charge in [0, 0.05) is 16.9 Å². The van der Waals surface area contributed by atoms with Crippen LogP contribution < -0.4 is 16.2 Å². The number of benzene rings is 2. The van der Waals surface area contributed by atoms with Crippen LogP contribution in [0.3, 0.4) is 0 Å². The predicted octanol–water partition coefficient (Wildman–Crippen LogP) is 3.46. The van der Waals surface area contributed by atoms with Crippen LogP contribution in [0.1, 0.15) is 16.1 Å². The number of aromatic nitrogens is 1. The van der Waals surface area contributed by atoms with Crippen LogP contribution in [0.15, 0.2) is 54.6 Å². The summed E-state index contributed by atoms with van der Waals surface area (Å²) in [6, 6.07) is 16.5. The molecule has 0 aliphatic heterocycles. The largest absolute Gasteiger partial charge is 0.457 e. The molecule has 23 heavy (non-hydrogen) atoms. The fraction of sp³-hybridized carbons (Fsp3) is 0.0556. The van der Waals surface area contributed by atoms with Crippen LogP contribution in [-0.4, -0.2) is 10.9 Å². The number of carbonyl (C=O) groups excluding carboxylic acids is 1. The van der Waals surface area contributed by atoms with Gasteiger partial charge >= 0.3 is 0 Å².